The van der Waals surface area contributed by atoms with Gasteiger partial charge in [-0.2, -0.15) is 0 Å². The Morgan fingerprint density at radius 2 is 0.943 bits per heavy atom. The van der Waals surface area contributed by atoms with Gasteiger partial charge in [0.1, 0.15) is 6.61 Å². The molecule has 0 radical (unpaired) electrons. The molecule has 0 spiro atoms. The summed E-state index contributed by atoms with van der Waals surface area (Å²) in [6.07, 6.45) is 38.5. The lowest BCUT2D eigenvalue weighted by Gasteiger charge is -2.31. The van der Waals surface area contributed by atoms with Crippen LogP contribution in [0.15, 0.2) is 12.2 Å². The number of carboxylic acids is 1. The quantitative estimate of drug-likeness (QED) is 0.0288. The third-order valence-corrected chi connectivity index (χ3v) is 10.2. The zero-order valence-electron chi connectivity index (χ0n) is 35.5. The Balaban J connectivity index is 4.15. The minimum Gasteiger partial charge on any atom is -0.477 e. The van der Waals surface area contributed by atoms with E-state index in [9.17, 15) is 19.5 Å². The van der Waals surface area contributed by atoms with Crippen LogP contribution in [-0.4, -0.2) is 80.6 Å². The number of hydrogen-bond acceptors (Lipinski definition) is 6. The van der Waals surface area contributed by atoms with Crippen LogP contribution in [-0.2, 0) is 28.6 Å². The topological polar surface area (TPSA) is 99.1 Å². The van der Waals surface area contributed by atoms with Gasteiger partial charge in [0.25, 0.3) is 0 Å². The fraction of sp³-hybridized carbons (Fsp3) is 0.889. The highest BCUT2D eigenvalue weighted by molar-refractivity contribution is 5.72. The van der Waals surface area contributed by atoms with Crippen LogP contribution < -0.4 is 0 Å². The van der Waals surface area contributed by atoms with Crippen LogP contribution in [0.3, 0.4) is 0 Å². The normalized spacial score (nSPS) is 13.0. The molecule has 0 saturated heterocycles. The second-order valence-corrected chi connectivity index (χ2v) is 16.3. The van der Waals surface area contributed by atoms with Gasteiger partial charge in [-0.1, -0.05) is 161 Å². The van der Waals surface area contributed by atoms with Crippen LogP contribution in [0, 0.1) is 0 Å². The number of allylic oxidation sites excluding steroid dienone is 2. The van der Waals surface area contributed by atoms with Gasteiger partial charge in [-0.05, 0) is 38.5 Å². The number of carboxylic acid groups (broad SMARTS) is 1. The van der Waals surface area contributed by atoms with Gasteiger partial charge in [0.2, 0.25) is 0 Å². The Labute approximate surface area is 327 Å². The van der Waals surface area contributed by atoms with Gasteiger partial charge in [-0.15, -0.1) is 0 Å². The van der Waals surface area contributed by atoms with Crippen molar-refractivity contribution in [2.45, 2.75) is 219 Å². The lowest BCUT2D eigenvalue weighted by Crippen LogP contribution is -2.50. The van der Waals surface area contributed by atoms with E-state index in [1.807, 2.05) is 21.1 Å². The monoisotopic (exact) mass is 753 g/mol. The Hall–Kier alpha value is -1.93. The van der Waals surface area contributed by atoms with Crippen LogP contribution in [0.25, 0.3) is 0 Å². The van der Waals surface area contributed by atoms with E-state index in [2.05, 4.69) is 26.0 Å². The highest BCUT2D eigenvalue weighted by Gasteiger charge is 2.31. The smallest absolute Gasteiger partial charge is 0.362 e. The highest BCUT2D eigenvalue weighted by atomic mass is 16.6. The number of carbonyl (C=O) groups excluding carboxylic acids is 2. The number of likely N-dealkylation sites (N-methyl/N-ethyl adjacent to an activating group) is 1. The first-order chi connectivity index (χ1) is 25.6. The van der Waals surface area contributed by atoms with Gasteiger partial charge < -0.3 is 23.8 Å². The van der Waals surface area contributed by atoms with Gasteiger partial charge in [0.05, 0.1) is 34.4 Å². The molecule has 0 saturated carbocycles. The van der Waals surface area contributed by atoms with E-state index in [-0.39, 0.29) is 36.2 Å². The van der Waals surface area contributed by atoms with Crippen molar-refractivity contribution in [2.75, 3.05) is 41.0 Å². The predicted octanol–water partition coefficient (Wildman–Crippen LogP) is 11.9. The van der Waals surface area contributed by atoms with Crippen LogP contribution in [0.4, 0.5) is 0 Å². The van der Waals surface area contributed by atoms with Crippen molar-refractivity contribution < 1.29 is 38.2 Å². The molecule has 0 fully saturated rings. The number of quaternary nitrogens is 1. The molecule has 0 aromatic carbocycles. The average Bonchev–Trinajstić information content (AvgIpc) is 3.11. The molecule has 0 aliphatic rings. The maximum atomic E-state index is 12.7. The SMILES string of the molecule is CCCCCCCCCCCCC/C=C/CCCCCCCCCC(=O)OC(COCCC(C(=O)O)[N+](C)(C)C)COC(=O)CCCCCCCCC. The molecule has 0 heterocycles. The van der Waals surface area contributed by atoms with Crippen molar-refractivity contribution in [1.82, 2.24) is 0 Å². The molecule has 8 heteroatoms. The van der Waals surface area contributed by atoms with Crippen molar-refractivity contribution in [3.05, 3.63) is 12.2 Å². The largest absolute Gasteiger partial charge is 0.477 e. The summed E-state index contributed by atoms with van der Waals surface area (Å²) in [7, 11) is 5.52. The Kier molecular flexibility index (Phi) is 35.7. The van der Waals surface area contributed by atoms with Gasteiger partial charge in [-0.3, -0.25) is 9.59 Å². The predicted molar refractivity (Wildman–Crippen MR) is 220 cm³/mol. The molecule has 2 unspecified atom stereocenters. The number of ether oxygens (including phenoxy) is 3. The number of rotatable bonds is 40. The van der Waals surface area contributed by atoms with Gasteiger partial charge >= 0.3 is 17.9 Å². The van der Waals surface area contributed by atoms with E-state index < -0.39 is 18.1 Å². The summed E-state index contributed by atoms with van der Waals surface area (Å²) >= 11 is 0. The number of aliphatic carboxylic acids is 1. The lowest BCUT2D eigenvalue weighted by molar-refractivity contribution is -0.887. The lowest BCUT2D eigenvalue weighted by atomic mass is 10.0. The summed E-state index contributed by atoms with van der Waals surface area (Å²) < 4.78 is 17.2. The molecular weight excluding hydrogens is 666 g/mol. The Bertz CT molecular complexity index is 885. The van der Waals surface area contributed by atoms with Crippen LogP contribution in [0.5, 0.6) is 0 Å². The Morgan fingerprint density at radius 3 is 1.36 bits per heavy atom. The van der Waals surface area contributed by atoms with E-state index in [0.29, 0.717) is 19.3 Å². The number of nitrogens with zero attached hydrogens (tertiary/aromatic N) is 1. The van der Waals surface area contributed by atoms with E-state index >= 15 is 0 Å². The second-order valence-electron chi connectivity index (χ2n) is 16.3. The summed E-state index contributed by atoms with van der Waals surface area (Å²) in [5.74, 6) is -1.47. The number of hydrogen-bond donors (Lipinski definition) is 1. The molecule has 0 aromatic heterocycles. The maximum Gasteiger partial charge on any atom is 0.362 e. The van der Waals surface area contributed by atoms with Crippen molar-refractivity contribution in [2.24, 2.45) is 0 Å². The van der Waals surface area contributed by atoms with Crippen molar-refractivity contribution in [1.29, 1.82) is 0 Å². The first-order valence-corrected chi connectivity index (χ1v) is 22.2. The third-order valence-electron chi connectivity index (χ3n) is 10.2. The van der Waals surface area contributed by atoms with E-state index in [0.717, 1.165) is 38.5 Å². The molecule has 0 aliphatic carbocycles. The molecule has 0 aromatic rings. The van der Waals surface area contributed by atoms with Gasteiger partial charge in [0.15, 0.2) is 12.1 Å². The zero-order chi connectivity index (χ0) is 39.3. The summed E-state index contributed by atoms with van der Waals surface area (Å²) in [4.78, 5) is 36.8. The van der Waals surface area contributed by atoms with Crippen molar-refractivity contribution >= 4 is 17.9 Å². The highest BCUT2D eigenvalue weighted by Crippen LogP contribution is 2.15. The van der Waals surface area contributed by atoms with Crippen molar-refractivity contribution in [3.63, 3.8) is 0 Å². The minimum absolute atomic E-state index is 0.0483. The molecule has 53 heavy (non-hydrogen) atoms. The Morgan fingerprint density at radius 1 is 0.547 bits per heavy atom. The van der Waals surface area contributed by atoms with E-state index in [1.54, 1.807) is 0 Å². The molecule has 1 N–H and O–H groups in total. The molecule has 0 bridgehead atoms. The maximum absolute atomic E-state index is 12.7. The van der Waals surface area contributed by atoms with E-state index in [1.165, 1.54) is 135 Å². The number of carbonyl (C=O) groups is 3. The number of unbranched alkanes of at least 4 members (excludes halogenated alkanes) is 24. The third kappa shape index (κ3) is 35.5. The second kappa shape index (κ2) is 37.0. The fourth-order valence-electron chi connectivity index (χ4n) is 6.67. The molecule has 0 rings (SSSR count). The summed E-state index contributed by atoms with van der Waals surface area (Å²) in [6.45, 7) is 4.71. The van der Waals surface area contributed by atoms with Gasteiger partial charge in [0, 0.05) is 19.3 Å². The summed E-state index contributed by atoms with van der Waals surface area (Å²) in [5.41, 5.74) is 0. The molecule has 0 amide bonds. The summed E-state index contributed by atoms with van der Waals surface area (Å²) in [5, 5.41) is 9.59. The minimum atomic E-state index is -0.874. The zero-order valence-corrected chi connectivity index (χ0v) is 35.5. The molecule has 312 valence electrons. The first-order valence-electron chi connectivity index (χ1n) is 22.2. The standard InChI is InChI=1S/C45H85NO7/c1-6-8-10-12-14-15-16-17-18-19-20-21-22-23-24-25-26-27-28-30-32-34-36-44(48)53-41(39-51-38-37-42(45(49)50)46(3,4)5)40-52-43(47)35-33-31-29-13-11-9-7-2/h22-23,41-42H,6-21,24-40H2,1-5H3/p+1/b23-22+. The van der Waals surface area contributed by atoms with Gasteiger partial charge in [-0.25, -0.2) is 4.79 Å². The number of esters is 2. The van der Waals surface area contributed by atoms with Crippen LogP contribution in [0.2, 0.25) is 0 Å². The van der Waals surface area contributed by atoms with E-state index in [4.69, 9.17) is 14.2 Å². The van der Waals surface area contributed by atoms with Crippen LogP contribution in [0.1, 0.15) is 206 Å². The molecular formula is C45H86NO7+. The van der Waals surface area contributed by atoms with Crippen molar-refractivity contribution in [3.8, 4) is 0 Å². The molecule has 8 nitrogen and oxygen atoms in total. The summed E-state index contributed by atoms with van der Waals surface area (Å²) in [6, 6.07) is -0.610. The van der Waals surface area contributed by atoms with Crippen LogP contribution >= 0.6 is 0 Å². The molecule has 2 atom stereocenters. The fourth-order valence-corrected chi connectivity index (χ4v) is 6.67. The molecule has 0 aliphatic heterocycles. The first kappa shape index (κ1) is 51.1. The average molecular weight is 753 g/mol.